The van der Waals surface area contributed by atoms with Crippen LogP contribution in [-0.2, 0) is 4.79 Å². The van der Waals surface area contributed by atoms with Crippen molar-refractivity contribution in [3.63, 3.8) is 0 Å². The topological polar surface area (TPSA) is 40.5 Å². The molecule has 1 fully saturated rings. The van der Waals surface area contributed by atoms with Crippen LogP contribution in [0.5, 0.6) is 0 Å². The molecule has 0 aliphatic heterocycles. The number of aliphatic carboxylic acids is 1. The molecule has 1 saturated carbocycles. The number of carboxylic acid groups (broad SMARTS) is 1. The van der Waals surface area contributed by atoms with Crippen molar-refractivity contribution < 1.29 is 9.90 Å². The Hall–Kier alpha value is -1.48. The lowest BCUT2D eigenvalue weighted by molar-refractivity contribution is -0.131. The number of carboxylic acids is 1. The third-order valence-corrected chi connectivity index (χ3v) is 3.18. The zero-order valence-corrected chi connectivity index (χ0v) is 10.3. The second-order valence-corrected chi connectivity index (χ2v) is 4.60. The maximum absolute atomic E-state index is 10.6. The minimum absolute atomic E-state index is 0.534. The van der Waals surface area contributed by atoms with E-state index in [2.05, 4.69) is 4.90 Å². The van der Waals surface area contributed by atoms with E-state index in [-0.39, 0.29) is 0 Å². The van der Waals surface area contributed by atoms with Crippen LogP contribution in [0.2, 0.25) is 5.02 Å². The quantitative estimate of drug-likeness (QED) is 0.837. The van der Waals surface area contributed by atoms with Gasteiger partial charge in [0.15, 0.2) is 0 Å². The minimum atomic E-state index is -0.954. The zero-order chi connectivity index (χ0) is 12.4. The van der Waals surface area contributed by atoms with E-state index in [0.29, 0.717) is 11.1 Å². The van der Waals surface area contributed by atoms with Crippen LogP contribution in [0.15, 0.2) is 24.3 Å². The molecular formula is C13H14ClNO2. The van der Waals surface area contributed by atoms with Crippen LogP contribution in [0.1, 0.15) is 18.4 Å². The van der Waals surface area contributed by atoms with Gasteiger partial charge in [-0.05, 0) is 30.5 Å². The summed E-state index contributed by atoms with van der Waals surface area (Å²) < 4.78 is 0. The van der Waals surface area contributed by atoms with Gasteiger partial charge in [0.25, 0.3) is 0 Å². The molecule has 2 rings (SSSR count). The summed E-state index contributed by atoms with van der Waals surface area (Å²) >= 11 is 6.19. The van der Waals surface area contributed by atoms with Gasteiger partial charge in [0.05, 0.1) is 10.7 Å². The van der Waals surface area contributed by atoms with E-state index in [1.54, 1.807) is 6.08 Å². The molecule has 0 saturated heterocycles. The lowest BCUT2D eigenvalue weighted by Gasteiger charge is -2.22. The molecule has 90 valence electrons. The molecule has 0 heterocycles. The van der Waals surface area contributed by atoms with E-state index >= 15 is 0 Å². The maximum atomic E-state index is 10.6. The summed E-state index contributed by atoms with van der Waals surface area (Å²) in [5, 5.41) is 9.32. The summed E-state index contributed by atoms with van der Waals surface area (Å²) in [5.74, 6) is -0.954. The number of benzene rings is 1. The lowest BCUT2D eigenvalue weighted by atomic mass is 10.1. The van der Waals surface area contributed by atoms with Gasteiger partial charge in [-0.1, -0.05) is 23.7 Å². The number of carbonyl (C=O) groups is 1. The molecule has 0 atom stereocenters. The molecule has 0 aromatic heterocycles. The summed E-state index contributed by atoms with van der Waals surface area (Å²) in [5.41, 5.74) is 1.75. The molecule has 0 bridgehead atoms. The molecule has 0 radical (unpaired) electrons. The smallest absolute Gasteiger partial charge is 0.328 e. The van der Waals surface area contributed by atoms with E-state index in [4.69, 9.17) is 16.7 Å². The summed E-state index contributed by atoms with van der Waals surface area (Å²) in [4.78, 5) is 12.7. The van der Waals surface area contributed by atoms with Crippen LogP contribution >= 0.6 is 11.6 Å². The highest BCUT2D eigenvalue weighted by atomic mass is 35.5. The highest BCUT2D eigenvalue weighted by molar-refractivity contribution is 6.33. The van der Waals surface area contributed by atoms with Gasteiger partial charge < -0.3 is 10.0 Å². The first-order chi connectivity index (χ1) is 8.09. The highest BCUT2D eigenvalue weighted by Gasteiger charge is 2.28. The lowest BCUT2D eigenvalue weighted by Crippen LogP contribution is -2.20. The van der Waals surface area contributed by atoms with Gasteiger partial charge in [-0.2, -0.15) is 0 Å². The molecule has 17 heavy (non-hydrogen) atoms. The fourth-order valence-corrected chi connectivity index (χ4v) is 2.16. The molecule has 1 aromatic carbocycles. The van der Waals surface area contributed by atoms with E-state index < -0.39 is 5.97 Å². The largest absolute Gasteiger partial charge is 0.478 e. The van der Waals surface area contributed by atoms with E-state index in [0.717, 1.165) is 17.3 Å². The second-order valence-electron chi connectivity index (χ2n) is 4.19. The third kappa shape index (κ3) is 2.80. The van der Waals surface area contributed by atoms with Gasteiger partial charge in [0.2, 0.25) is 0 Å². The van der Waals surface area contributed by atoms with Crippen molar-refractivity contribution in [3.8, 4) is 0 Å². The highest BCUT2D eigenvalue weighted by Crippen LogP contribution is 2.37. The Morgan fingerprint density at radius 3 is 2.82 bits per heavy atom. The van der Waals surface area contributed by atoms with Gasteiger partial charge in [-0.3, -0.25) is 0 Å². The fraction of sp³-hybridized carbons (Fsp3) is 0.308. The van der Waals surface area contributed by atoms with Crippen LogP contribution in [0.25, 0.3) is 6.08 Å². The Morgan fingerprint density at radius 1 is 1.53 bits per heavy atom. The van der Waals surface area contributed by atoms with Gasteiger partial charge >= 0.3 is 5.97 Å². The first-order valence-electron chi connectivity index (χ1n) is 5.52. The Kier molecular flexibility index (Phi) is 3.38. The predicted molar refractivity (Wildman–Crippen MR) is 69.5 cm³/mol. The second kappa shape index (κ2) is 4.80. The molecule has 3 nitrogen and oxygen atoms in total. The van der Waals surface area contributed by atoms with E-state index in [1.807, 2.05) is 25.2 Å². The van der Waals surface area contributed by atoms with Gasteiger partial charge in [-0.25, -0.2) is 4.79 Å². The molecule has 1 aliphatic rings. The Labute approximate surface area is 105 Å². The molecule has 1 aromatic rings. The van der Waals surface area contributed by atoms with Crippen LogP contribution in [0.3, 0.4) is 0 Å². The van der Waals surface area contributed by atoms with Crippen LogP contribution < -0.4 is 4.90 Å². The van der Waals surface area contributed by atoms with E-state index in [1.165, 1.54) is 12.8 Å². The van der Waals surface area contributed by atoms with Crippen molar-refractivity contribution in [1.82, 2.24) is 0 Å². The minimum Gasteiger partial charge on any atom is -0.478 e. The van der Waals surface area contributed by atoms with Crippen molar-refractivity contribution >= 4 is 29.3 Å². The SMILES string of the molecule is CN(c1c(Cl)cccc1/C=C/C(=O)O)C1CC1. The Balaban J connectivity index is 2.36. The summed E-state index contributed by atoms with van der Waals surface area (Å²) in [6.45, 7) is 0. The summed E-state index contributed by atoms with van der Waals surface area (Å²) in [7, 11) is 2.00. The van der Waals surface area contributed by atoms with Crippen molar-refractivity contribution in [2.75, 3.05) is 11.9 Å². The first kappa shape index (κ1) is 12.0. The number of anilines is 1. The number of rotatable bonds is 4. The summed E-state index contributed by atoms with van der Waals surface area (Å²) in [6, 6.07) is 6.06. The average Bonchev–Trinajstić information content (AvgIpc) is 3.09. The molecule has 0 spiro atoms. The van der Waals surface area contributed by atoms with Gasteiger partial charge in [-0.15, -0.1) is 0 Å². The normalized spacial score (nSPS) is 15.2. The average molecular weight is 252 g/mol. The van der Waals surface area contributed by atoms with Crippen LogP contribution in [0.4, 0.5) is 5.69 Å². The standard InChI is InChI=1S/C13H14ClNO2/c1-15(10-6-7-10)13-9(5-8-12(16)17)3-2-4-11(13)14/h2-5,8,10H,6-7H2,1H3,(H,16,17)/b8-5+. The maximum Gasteiger partial charge on any atom is 0.328 e. The van der Waals surface area contributed by atoms with Gasteiger partial charge in [0.1, 0.15) is 0 Å². The van der Waals surface area contributed by atoms with Crippen LogP contribution in [-0.4, -0.2) is 24.2 Å². The number of para-hydroxylation sites is 1. The van der Waals surface area contributed by atoms with Gasteiger partial charge in [0, 0.05) is 19.2 Å². The molecular weight excluding hydrogens is 238 g/mol. The monoisotopic (exact) mass is 251 g/mol. The number of nitrogens with zero attached hydrogens (tertiary/aromatic N) is 1. The zero-order valence-electron chi connectivity index (χ0n) is 9.56. The first-order valence-corrected chi connectivity index (χ1v) is 5.89. The van der Waals surface area contributed by atoms with Crippen molar-refractivity contribution in [3.05, 3.63) is 34.9 Å². The predicted octanol–water partition coefficient (Wildman–Crippen LogP) is 3.04. The van der Waals surface area contributed by atoms with Crippen molar-refractivity contribution in [2.45, 2.75) is 18.9 Å². The molecule has 1 aliphatic carbocycles. The third-order valence-electron chi connectivity index (χ3n) is 2.87. The number of hydrogen-bond donors (Lipinski definition) is 1. The fourth-order valence-electron chi connectivity index (χ4n) is 1.84. The number of hydrogen-bond acceptors (Lipinski definition) is 2. The van der Waals surface area contributed by atoms with E-state index in [9.17, 15) is 4.79 Å². The Bertz CT molecular complexity index is 466. The molecule has 0 unspecified atom stereocenters. The van der Waals surface area contributed by atoms with Crippen LogP contribution in [0, 0.1) is 0 Å². The molecule has 4 heteroatoms. The van der Waals surface area contributed by atoms with Crippen molar-refractivity contribution in [2.24, 2.45) is 0 Å². The summed E-state index contributed by atoms with van der Waals surface area (Å²) in [6.07, 6.45) is 5.06. The number of halogens is 1. The molecule has 1 N–H and O–H groups in total. The Morgan fingerprint density at radius 2 is 2.24 bits per heavy atom. The molecule has 0 amide bonds. The van der Waals surface area contributed by atoms with Crippen molar-refractivity contribution in [1.29, 1.82) is 0 Å².